The number of hydrogen-bond donors (Lipinski definition) is 4. The van der Waals surface area contributed by atoms with Gasteiger partial charge in [0.15, 0.2) is 6.10 Å². The zero-order valence-corrected chi connectivity index (χ0v) is 20.0. The second-order valence-electron chi connectivity index (χ2n) is 7.98. The molecule has 0 bridgehead atoms. The summed E-state index contributed by atoms with van der Waals surface area (Å²) in [6, 6.07) is 21.7. The van der Waals surface area contributed by atoms with Gasteiger partial charge in [0.1, 0.15) is 0 Å². The number of nitrogens with one attached hydrogen (secondary N) is 2. The molecule has 3 rings (SSSR count). The van der Waals surface area contributed by atoms with E-state index in [9.17, 15) is 4.79 Å². The molecule has 4 N–H and O–H groups in total. The van der Waals surface area contributed by atoms with Gasteiger partial charge in [-0.05, 0) is 43.5 Å². The second kappa shape index (κ2) is 12.3. The largest absolute Gasteiger partial charge is 0.463 e. The highest BCUT2D eigenvalue weighted by Crippen LogP contribution is 2.28. The predicted octanol–water partition coefficient (Wildman–Crippen LogP) is 4.20. The number of rotatable bonds is 11. The third-order valence-electron chi connectivity index (χ3n) is 5.37. The summed E-state index contributed by atoms with van der Waals surface area (Å²) >= 11 is 4.24. The number of pyridine rings is 1. The van der Waals surface area contributed by atoms with Crippen LogP contribution in [0.3, 0.4) is 0 Å². The fraction of sp³-hybridized carbons (Fsp3) is 0.308. The minimum absolute atomic E-state index is 0.00731. The molecular weight excluding hydrogens is 432 g/mol. The highest BCUT2D eigenvalue weighted by atomic mass is 32.1. The molecule has 0 aliphatic carbocycles. The van der Waals surface area contributed by atoms with Gasteiger partial charge in [-0.2, -0.15) is 12.6 Å². The van der Waals surface area contributed by atoms with Gasteiger partial charge in [-0.1, -0.05) is 54.6 Å². The minimum Gasteiger partial charge on any atom is -0.463 e. The smallest absolute Gasteiger partial charge is 0.261 e. The Hall–Kier alpha value is -3.03. The third-order valence-corrected chi connectivity index (χ3v) is 5.84. The highest BCUT2D eigenvalue weighted by Gasteiger charge is 2.18. The molecule has 0 spiro atoms. The lowest BCUT2D eigenvalue weighted by Gasteiger charge is -2.19. The molecular formula is C26H32N4O2S. The maximum absolute atomic E-state index is 12.7. The summed E-state index contributed by atoms with van der Waals surface area (Å²) in [4.78, 5) is 17.4. The van der Waals surface area contributed by atoms with Crippen molar-refractivity contribution in [3.8, 4) is 17.1 Å². The molecule has 2 atom stereocenters. The molecule has 1 heterocycles. The van der Waals surface area contributed by atoms with E-state index in [-0.39, 0.29) is 11.9 Å². The number of thiol groups is 1. The zero-order valence-electron chi connectivity index (χ0n) is 19.1. The van der Waals surface area contributed by atoms with E-state index < -0.39 is 6.10 Å². The Balaban J connectivity index is 1.73. The quantitative estimate of drug-likeness (QED) is 0.320. The first-order chi connectivity index (χ1) is 16.0. The van der Waals surface area contributed by atoms with E-state index in [1.165, 1.54) is 0 Å². The van der Waals surface area contributed by atoms with Crippen LogP contribution in [0.1, 0.15) is 24.5 Å². The Morgan fingerprint density at radius 2 is 1.82 bits per heavy atom. The molecule has 1 amide bonds. The lowest BCUT2D eigenvalue weighted by Crippen LogP contribution is -2.36. The molecule has 0 radical (unpaired) electrons. The molecule has 6 nitrogen and oxygen atoms in total. The number of nitrogens with two attached hydrogens (primary N) is 1. The number of carbonyl (C=O) groups excluding carboxylic acids is 1. The molecule has 0 aliphatic rings. The molecule has 1 aromatic heterocycles. The summed E-state index contributed by atoms with van der Waals surface area (Å²) in [5, 5.41) is 6.29. The maximum atomic E-state index is 12.7. The van der Waals surface area contributed by atoms with Crippen LogP contribution in [0.15, 0.2) is 66.7 Å². The predicted molar refractivity (Wildman–Crippen MR) is 138 cm³/mol. The number of nitrogens with zero attached hydrogens (tertiary/aromatic N) is 1. The van der Waals surface area contributed by atoms with Gasteiger partial charge in [-0.15, -0.1) is 0 Å². The van der Waals surface area contributed by atoms with Crippen LogP contribution in [0.4, 0.5) is 5.69 Å². The number of ether oxygens (including phenoxy) is 1. The van der Waals surface area contributed by atoms with Crippen LogP contribution < -0.4 is 21.1 Å². The van der Waals surface area contributed by atoms with Crippen molar-refractivity contribution < 1.29 is 9.53 Å². The fourth-order valence-corrected chi connectivity index (χ4v) is 3.46. The Morgan fingerprint density at radius 1 is 1.09 bits per heavy atom. The summed E-state index contributed by atoms with van der Waals surface area (Å²) in [5.74, 6) is 0.802. The molecule has 2 unspecified atom stereocenters. The van der Waals surface area contributed by atoms with Crippen molar-refractivity contribution in [2.45, 2.75) is 39.0 Å². The van der Waals surface area contributed by atoms with Crippen molar-refractivity contribution in [3.05, 3.63) is 77.9 Å². The fourth-order valence-electron chi connectivity index (χ4n) is 3.27. The summed E-state index contributed by atoms with van der Waals surface area (Å²) < 4.78 is 6.04. The van der Waals surface area contributed by atoms with Gasteiger partial charge in [-0.3, -0.25) is 4.79 Å². The van der Waals surface area contributed by atoms with Gasteiger partial charge in [0.2, 0.25) is 5.88 Å². The van der Waals surface area contributed by atoms with E-state index in [0.717, 1.165) is 34.5 Å². The van der Waals surface area contributed by atoms with E-state index in [2.05, 4.69) is 23.3 Å². The monoisotopic (exact) mass is 464 g/mol. The normalized spacial score (nSPS) is 12.6. The van der Waals surface area contributed by atoms with E-state index in [0.29, 0.717) is 24.7 Å². The number of carbonyl (C=O) groups is 1. The van der Waals surface area contributed by atoms with Crippen LogP contribution in [0, 0.1) is 6.92 Å². The molecule has 0 saturated carbocycles. The third kappa shape index (κ3) is 7.23. The Labute approximate surface area is 201 Å². The first-order valence-electron chi connectivity index (χ1n) is 11.1. The molecule has 3 aromatic rings. The first kappa shape index (κ1) is 24.6. The van der Waals surface area contributed by atoms with E-state index in [4.69, 9.17) is 15.5 Å². The average molecular weight is 465 g/mol. The van der Waals surface area contributed by atoms with Crippen LogP contribution in [-0.2, 0) is 11.3 Å². The van der Waals surface area contributed by atoms with E-state index in [1.54, 1.807) is 6.92 Å². The number of benzene rings is 2. The number of aryl methyl sites for hydroxylation is 1. The van der Waals surface area contributed by atoms with E-state index in [1.807, 2.05) is 73.7 Å². The van der Waals surface area contributed by atoms with Crippen molar-refractivity contribution >= 4 is 24.2 Å². The molecule has 7 heteroatoms. The number of aromatic nitrogens is 1. The summed E-state index contributed by atoms with van der Waals surface area (Å²) in [7, 11) is 0. The maximum Gasteiger partial charge on any atom is 0.261 e. The van der Waals surface area contributed by atoms with Gasteiger partial charge in [0.25, 0.3) is 5.91 Å². The molecule has 0 aliphatic heterocycles. The summed E-state index contributed by atoms with van der Waals surface area (Å²) in [6.07, 6.45) is 0.0448. The second-order valence-corrected chi connectivity index (χ2v) is 8.34. The van der Waals surface area contributed by atoms with Crippen molar-refractivity contribution in [3.63, 3.8) is 0 Å². The lowest BCUT2D eigenvalue weighted by atomic mass is 10.1. The molecule has 174 valence electrons. The van der Waals surface area contributed by atoms with Crippen molar-refractivity contribution in [1.29, 1.82) is 0 Å². The number of hydrogen-bond acceptors (Lipinski definition) is 6. The lowest BCUT2D eigenvalue weighted by molar-refractivity contribution is -0.127. The van der Waals surface area contributed by atoms with Crippen LogP contribution in [0.5, 0.6) is 5.88 Å². The van der Waals surface area contributed by atoms with E-state index >= 15 is 0 Å². The van der Waals surface area contributed by atoms with Crippen molar-refractivity contribution in [2.75, 3.05) is 17.6 Å². The molecule has 2 aromatic carbocycles. The van der Waals surface area contributed by atoms with Crippen LogP contribution in [0.25, 0.3) is 11.3 Å². The average Bonchev–Trinajstić information content (AvgIpc) is 2.84. The molecule has 33 heavy (non-hydrogen) atoms. The van der Waals surface area contributed by atoms with Gasteiger partial charge in [-0.25, -0.2) is 4.98 Å². The Bertz CT molecular complexity index is 1050. The van der Waals surface area contributed by atoms with Crippen molar-refractivity contribution in [2.24, 2.45) is 5.73 Å². The van der Waals surface area contributed by atoms with Crippen LogP contribution >= 0.6 is 12.6 Å². The minimum atomic E-state index is -0.715. The first-order valence-corrected chi connectivity index (χ1v) is 11.8. The number of amides is 1. The van der Waals surface area contributed by atoms with Crippen LogP contribution in [0.2, 0.25) is 0 Å². The van der Waals surface area contributed by atoms with Gasteiger partial charge >= 0.3 is 0 Å². The van der Waals surface area contributed by atoms with Crippen LogP contribution in [-0.4, -0.2) is 35.3 Å². The molecule has 0 saturated heterocycles. The Kier molecular flexibility index (Phi) is 9.15. The topological polar surface area (TPSA) is 89.3 Å². The number of anilines is 1. The highest BCUT2D eigenvalue weighted by molar-refractivity contribution is 7.80. The zero-order chi connectivity index (χ0) is 23.6. The molecule has 0 fully saturated rings. The summed E-state index contributed by atoms with van der Waals surface area (Å²) in [6.45, 7) is 4.85. The van der Waals surface area contributed by atoms with Crippen molar-refractivity contribution in [1.82, 2.24) is 10.3 Å². The summed E-state index contributed by atoms with van der Waals surface area (Å²) in [5.41, 5.74) is 10.6. The standard InChI is InChI=1S/C26H32N4O2S/c1-18-8-6-7-11-21(18)16-29-25(31)19(2)32-26-24(28-15-14-22(27)17-33)13-12-23(30-26)20-9-4-3-5-10-20/h3-13,19,22,28,33H,14-17,27H2,1-2H3,(H,29,31). The Morgan fingerprint density at radius 3 is 2.55 bits per heavy atom. The van der Waals surface area contributed by atoms with Gasteiger partial charge in [0, 0.05) is 30.4 Å². The SMILES string of the molecule is Cc1ccccc1CNC(=O)C(C)Oc1nc(-c2ccccc2)ccc1NCCC(N)CS. The van der Waals surface area contributed by atoms with Gasteiger partial charge in [0.05, 0.1) is 11.4 Å². The van der Waals surface area contributed by atoms with Gasteiger partial charge < -0.3 is 21.1 Å².